The predicted molar refractivity (Wildman–Crippen MR) is 85.7 cm³/mol. The van der Waals surface area contributed by atoms with E-state index in [9.17, 15) is 0 Å². The maximum atomic E-state index is 5.01. The topological polar surface area (TPSA) is 41.5 Å². The van der Waals surface area contributed by atoms with Gasteiger partial charge in [0.15, 0.2) is 0 Å². The lowest BCUT2D eigenvalue weighted by atomic mass is 10.0. The van der Waals surface area contributed by atoms with Crippen molar-refractivity contribution in [3.05, 3.63) is 53.9 Å². The van der Waals surface area contributed by atoms with E-state index in [0.29, 0.717) is 12.1 Å². The molecule has 116 valence electrons. The molecule has 0 aliphatic carbocycles. The molecule has 1 aromatic heterocycles. The maximum absolute atomic E-state index is 5.01. The van der Waals surface area contributed by atoms with Crippen LogP contribution < -0.4 is 4.74 Å². The molecule has 5 heteroatoms. The summed E-state index contributed by atoms with van der Waals surface area (Å²) in [5.41, 5.74) is 2.50. The average Bonchev–Trinajstić information content (AvgIpc) is 2.58. The third-order valence-corrected chi connectivity index (χ3v) is 4.19. The second-order valence-electron chi connectivity index (χ2n) is 5.72. The number of ether oxygens (including phenoxy) is 1. The molecule has 0 bridgehead atoms. The Morgan fingerprint density at radius 2 is 1.86 bits per heavy atom. The van der Waals surface area contributed by atoms with Crippen molar-refractivity contribution < 1.29 is 4.74 Å². The fraction of sp³-hybridized carbons (Fsp3) is 0.412. The van der Waals surface area contributed by atoms with Crippen molar-refractivity contribution in [2.45, 2.75) is 12.6 Å². The molecule has 1 aliphatic heterocycles. The monoisotopic (exact) mass is 298 g/mol. The molecule has 0 radical (unpaired) electrons. The van der Waals surface area contributed by atoms with Crippen LogP contribution in [0.4, 0.5) is 0 Å². The van der Waals surface area contributed by atoms with Crippen molar-refractivity contribution in [1.29, 1.82) is 0 Å². The third-order valence-electron chi connectivity index (χ3n) is 4.19. The highest BCUT2D eigenvalue weighted by Crippen LogP contribution is 2.24. The molecule has 0 spiro atoms. The molecule has 1 aliphatic rings. The number of likely N-dealkylation sites (N-methyl/N-ethyl adjacent to an activating group) is 1. The van der Waals surface area contributed by atoms with E-state index in [2.05, 4.69) is 57.1 Å². The fourth-order valence-corrected chi connectivity index (χ4v) is 2.90. The van der Waals surface area contributed by atoms with E-state index in [-0.39, 0.29) is 0 Å². The summed E-state index contributed by atoms with van der Waals surface area (Å²) in [4.78, 5) is 13.3. The van der Waals surface area contributed by atoms with Gasteiger partial charge in [0.25, 0.3) is 0 Å². The Bertz CT molecular complexity index is 587. The van der Waals surface area contributed by atoms with E-state index < -0.39 is 0 Å². The van der Waals surface area contributed by atoms with Crippen molar-refractivity contribution in [2.24, 2.45) is 0 Å². The molecule has 22 heavy (non-hydrogen) atoms. The summed E-state index contributed by atoms with van der Waals surface area (Å²) in [5.74, 6) is 0. The Labute approximate surface area is 131 Å². The summed E-state index contributed by atoms with van der Waals surface area (Å²) in [6.07, 6.45) is 3.70. The Morgan fingerprint density at radius 1 is 1.14 bits per heavy atom. The van der Waals surface area contributed by atoms with Gasteiger partial charge in [-0.05, 0) is 12.6 Å². The van der Waals surface area contributed by atoms with E-state index in [0.717, 1.165) is 31.7 Å². The van der Waals surface area contributed by atoms with Crippen LogP contribution in [0.2, 0.25) is 0 Å². The molecule has 1 atom stereocenters. The van der Waals surface area contributed by atoms with Crippen molar-refractivity contribution >= 4 is 0 Å². The zero-order valence-corrected chi connectivity index (χ0v) is 13.1. The van der Waals surface area contributed by atoms with E-state index in [1.165, 1.54) is 5.56 Å². The normalized spacial score (nSPS) is 20.0. The lowest BCUT2D eigenvalue weighted by molar-refractivity contribution is 0.0903. The molecular formula is C17H22N4O. The van der Waals surface area contributed by atoms with Gasteiger partial charge >= 0.3 is 6.01 Å². The quantitative estimate of drug-likeness (QED) is 0.863. The van der Waals surface area contributed by atoms with Crippen LogP contribution >= 0.6 is 0 Å². The standard InChI is InChI=1S/C17H22N4O/c1-20-8-9-21(12-14-10-18-17(22-2)19-11-14)13-16(20)15-6-4-3-5-7-15/h3-7,10-11,16H,8-9,12-13H2,1-2H3/t16-/m0/s1. The van der Waals surface area contributed by atoms with Gasteiger partial charge in [0.05, 0.1) is 7.11 Å². The van der Waals surface area contributed by atoms with Crippen LogP contribution in [0.5, 0.6) is 6.01 Å². The highest BCUT2D eigenvalue weighted by atomic mass is 16.5. The van der Waals surface area contributed by atoms with Crippen LogP contribution in [0, 0.1) is 0 Å². The van der Waals surface area contributed by atoms with Gasteiger partial charge in [-0.1, -0.05) is 30.3 Å². The summed E-state index contributed by atoms with van der Waals surface area (Å²) in [5, 5.41) is 0. The molecular weight excluding hydrogens is 276 g/mol. The van der Waals surface area contributed by atoms with Gasteiger partial charge in [-0.2, -0.15) is 0 Å². The third kappa shape index (κ3) is 3.43. The number of benzene rings is 1. The Hall–Kier alpha value is -1.98. The SMILES string of the molecule is COc1ncc(CN2CCN(C)[C@H](c3ccccc3)C2)cn1. The maximum Gasteiger partial charge on any atom is 0.316 e. The van der Waals surface area contributed by atoms with Crippen LogP contribution in [0.25, 0.3) is 0 Å². The number of aromatic nitrogens is 2. The molecule has 1 saturated heterocycles. The Balaban J connectivity index is 1.67. The number of hydrogen-bond donors (Lipinski definition) is 0. The molecule has 1 aromatic carbocycles. The van der Waals surface area contributed by atoms with Crippen molar-refractivity contribution in [3.8, 4) is 6.01 Å². The molecule has 2 aromatic rings. The molecule has 1 fully saturated rings. The van der Waals surface area contributed by atoms with E-state index >= 15 is 0 Å². The molecule has 0 unspecified atom stereocenters. The number of hydrogen-bond acceptors (Lipinski definition) is 5. The first kappa shape index (κ1) is 14.9. The zero-order valence-electron chi connectivity index (χ0n) is 13.1. The highest BCUT2D eigenvalue weighted by molar-refractivity contribution is 5.20. The average molecular weight is 298 g/mol. The molecule has 2 heterocycles. The molecule has 0 N–H and O–H groups in total. The van der Waals surface area contributed by atoms with E-state index in [1.807, 2.05) is 12.4 Å². The second-order valence-corrected chi connectivity index (χ2v) is 5.72. The van der Waals surface area contributed by atoms with Gasteiger partial charge in [0.2, 0.25) is 0 Å². The second kappa shape index (κ2) is 6.85. The smallest absolute Gasteiger partial charge is 0.316 e. The first-order valence-electron chi connectivity index (χ1n) is 7.58. The van der Waals surface area contributed by atoms with E-state index in [1.54, 1.807) is 7.11 Å². The zero-order chi connectivity index (χ0) is 15.4. The van der Waals surface area contributed by atoms with Crippen LogP contribution in [-0.4, -0.2) is 53.6 Å². The van der Waals surface area contributed by atoms with Crippen molar-refractivity contribution in [1.82, 2.24) is 19.8 Å². The predicted octanol–water partition coefficient (Wildman–Crippen LogP) is 1.97. The first-order valence-corrected chi connectivity index (χ1v) is 7.58. The number of methoxy groups -OCH3 is 1. The van der Waals surface area contributed by atoms with Gasteiger partial charge < -0.3 is 4.74 Å². The minimum Gasteiger partial charge on any atom is -0.467 e. The molecule has 0 amide bonds. The highest BCUT2D eigenvalue weighted by Gasteiger charge is 2.25. The van der Waals surface area contributed by atoms with Crippen LogP contribution in [0.15, 0.2) is 42.7 Å². The number of piperazine rings is 1. The summed E-state index contributed by atoms with van der Waals surface area (Å²) in [6.45, 7) is 4.02. The lowest BCUT2D eigenvalue weighted by Crippen LogP contribution is -2.46. The minimum atomic E-state index is 0.421. The van der Waals surface area contributed by atoms with Gasteiger partial charge in [-0.15, -0.1) is 0 Å². The van der Waals surface area contributed by atoms with E-state index in [4.69, 9.17) is 4.74 Å². The van der Waals surface area contributed by atoms with Gasteiger partial charge in [0, 0.05) is 50.2 Å². The lowest BCUT2D eigenvalue weighted by Gasteiger charge is -2.39. The van der Waals surface area contributed by atoms with Gasteiger partial charge in [-0.3, -0.25) is 9.80 Å². The summed E-state index contributed by atoms with van der Waals surface area (Å²) in [7, 11) is 3.78. The summed E-state index contributed by atoms with van der Waals surface area (Å²) >= 11 is 0. The molecule has 0 saturated carbocycles. The Kier molecular flexibility index (Phi) is 4.65. The Morgan fingerprint density at radius 3 is 2.55 bits per heavy atom. The number of nitrogens with zero attached hydrogens (tertiary/aromatic N) is 4. The van der Waals surface area contributed by atoms with Gasteiger partial charge in [0.1, 0.15) is 0 Å². The van der Waals surface area contributed by atoms with Crippen LogP contribution in [-0.2, 0) is 6.54 Å². The summed E-state index contributed by atoms with van der Waals surface area (Å²) < 4.78 is 5.01. The summed E-state index contributed by atoms with van der Waals surface area (Å²) in [6, 6.07) is 11.6. The molecule has 5 nitrogen and oxygen atoms in total. The van der Waals surface area contributed by atoms with Crippen molar-refractivity contribution in [2.75, 3.05) is 33.8 Å². The van der Waals surface area contributed by atoms with Crippen LogP contribution in [0.3, 0.4) is 0 Å². The number of rotatable bonds is 4. The van der Waals surface area contributed by atoms with Crippen LogP contribution in [0.1, 0.15) is 17.2 Å². The largest absolute Gasteiger partial charge is 0.467 e. The first-order chi connectivity index (χ1) is 10.8. The van der Waals surface area contributed by atoms with Crippen molar-refractivity contribution in [3.63, 3.8) is 0 Å². The van der Waals surface area contributed by atoms with Gasteiger partial charge in [-0.25, -0.2) is 9.97 Å². The molecule has 3 rings (SSSR count). The minimum absolute atomic E-state index is 0.421. The fourth-order valence-electron chi connectivity index (χ4n) is 2.90.